The van der Waals surface area contributed by atoms with Gasteiger partial charge in [-0.15, -0.1) is 0 Å². The van der Waals surface area contributed by atoms with Crippen LogP contribution in [0.5, 0.6) is 11.5 Å². The van der Waals surface area contributed by atoms with Crippen molar-refractivity contribution in [2.24, 2.45) is 0 Å². The fraction of sp³-hybridized carbons (Fsp3) is 0.222. The highest BCUT2D eigenvalue weighted by Crippen LogP contribution is 2.32. The van der Waals surface area contributed by atoms with Crippen LogP contribution in [-0.4, -0.2) is 34.0 Å². The van der Waals surface area contributed by atoms with Crippen molar-refractivity contribution in [3.8, 4) is 11.5 Å². The molecule has 0 spiro atoms. The minimum Gasteiger partial charge on any atom is -0.454 e. The topological polar surface area (TPSA) is 56.1 Å². The maximum Gasteiger partial charge on any atom is 0.231 e. The lowest BCUT2D eigenvalue weighted by Gasteiger charge is -2.17. The molecular weight excluding hydrogens is 306 g/mol. The Morgan fingerprint density at radius 3 is 3.00 bits per heavy atom. The van der Waals surface area contributed by atoms with E-state index in [0.29, 0.717) is 6.54 Å². The Morgan fingerprint density at radius 2 is 2.12 bits per heavy atom. The summed E-state index contributed by atoms with van der Waals surface area (Å²) < 4.78 is 12.6. The molecule has 0 atom stereocenters. The van der Waals surface area contributed by atoms with Gasteiger partial charge in [0, 0.05) is 26.0 Å². The number of amides is 1. The van der Waals surface area contributed by atoms with E-state index in [-0.39, 0.29) is 19.1 Å². The standard InChI is InChI=1S/C18H17N3O3/c1-20(10-13-5-6-15-16(8-13)24-12-23-15)18(22)9-14-11-21-7-3-2-4-17(21)19-14/h2-8,11H,9-10,12H2,1H3. The minimum absolute atomic E-state index is 0.0241. The zero-order chi connectivity index (χ0) is 16.5. The van der Waals surface area contributed by atoms with Crippen LogP contribution >= 0.6 is 0 Å². The Bertz CT molecular complexity index is 870. The van der Waals surface area contributed by atoms with E-state index < -0.39 is 0 Å². The van der Waals surface area contributed by atoms with Gasteiger partial charge >= 0.3 is 0 Å². The third-order valence-corrected chi connectivity index (χ3v) is 4.03. The van der Waals surface area contributed by atoms with Crippen molar-refractivity contribution in [2.45, 2.75) is 13.0 Å². The summed E-state index contributed by atoms with van der Waals surface area (Å²) in [5.74, 6) is 1.50. The van der Waals surface area contributed by atoms with Crippen molar-refractivity contribution in [3.63, 3.8) is 0 Å². The van der Waals surface area contributed by atoms with Gasteiger partial charge in [0.2, 0.25) is 12.7 Å². The van der Waals surface area contributed by atoms with Gasteiger partial charge in [-0.3, -0.25) is 4.79 Å². The zero-order valence-corrected chi connectivity index (χ0v) is 13.3. The van der Waals surface area contributed by atoms with E-state index in [4.69, 9.17) is 9.47 Å². The number of hydrogen-bond donors (Lipinski definition) is 0. The molecule has 0 bridgehead atoms. The van der Waals surface area contributed by atoms with Gasteiger partial charge in [-0.2, -0.15) is 0 Å². The smallest absolute Gasteiger partial charge is 0.231 e. The number of pyridine rings is 1. The fourth-order valence-electron chi connectivity index (χ4n) is 2.76. The first kappa shape index (κ1) is 14.6. The van der Waals surface area contributed by atoms with Gasteiger partial charge in [-0.05, 0) is 29.8 Å². The number of imidazole rings is 1. The highest BCUT2D eigenvalue weighted by atomic mass is 16.7. The first-order valence-corrected chi connectivity index (χ1v) is 7.74. The molecule has 122 valence electrons. The lowest BCUT2D eigenvalue weighted by molar-refractivity contribution is -0.129. The molecule has 4 rings (SSSR count). The van der Waals surface area contributed by atoms with Crippen LogP contribution < -0.4 is 9.47 Å². The van der Waals surface area contributed by atoms with E-state index in [1.54, 1.807) is 11.9 Å². The zero-order valence-electron chi connectivity index (χ0n) is 13.3. The van der Waals surface area contributed by atoms with Crippen LogP contribution in [0.2, 0.25) is 0 Å². The molecule has 1 aromatic carbocycles. The molecule has 3 heterocycles. The van der Waals surface area contributed by atoms with Crippen molar-refractivity contribution >= 4 is 11.6 Å². The van der Waals surface area contributed by atoms with Crippen LogP contribution in [0.25, 0.3) is 5.65 Å². The molecule has 24 heavy (non-hydrogen) atoms. The van der Waals surface area contributed by atoms with Gasteiger partial charge in [0.1, 0.15) is 5.65 Å². The van der Waals surface area contributed by atoms with Crippen LogP contribution in [0.15, 0.2) is 48.8 Å². The largest absolute Gasteiger partial charge is 0.454 e. The molecule has 6 heteroatoms. The van der Waals surface area contributed by atoms with E-state index in [2.05, 4.69) is 4.98 Å². The fourth-order valence-corrected chi connectivity index (χ4v) is 2.76. The molecule has 2 aromatic heterocycles. The average molecular weight is 323 g/mol. The lowest BCUT2D eigenvalue weighted by atomic mass is 10.2. The summed E-state index contributed by atoms with van der Waals surface area (Å²) in [5.41, 5.74) is 2.62. The van der Waals surface area contributed by atoms with Gasteiger partial charge in [0.05, 0.1) is 12.1 Å². The lowest BCUT2D eigenvalue weighted by Crippen LogP contribution is -2.27. The predicted octanol–water partition coefficient (Wildman–Crippen LogP) is 2.26. The third kappa shape index (κ3) is 2.78. The Labute approximate surface area is 139 Å². The second kappa shape index (κ2) is 5.88. The summed E-state index contributed by atoms with van der Waals surface area (Å²) >= 11 is 0. The van der Waals surface area contributed by atoms with Crippen molar-refractivity contribution in [1.82, 2.24) is 14.3 Å². The van der Waals surface area contributed by atoms with Crippen LogP contribution in [0.4, 0.5) is 0 Å². The predicted molar refractivity (Wildman–Crippen MR) is 87.9 cm³/mol. The van der Waals surface area contributed by atoms with E-state index in [1.807, 2.05) is 53.2 Å². The normalized spacial score (nSPS) is 12.5. The van der Waals surface area contributed by atoms with Crippen molar-refractivity contribution in [1.29, 1.82) is 0 Å². The number of likely N-dealkylation sites (N-methyl/N-ethyl adjacent to an activating group) is 1. The number of carbonyl (C=O) groups excluding carboxylic acids is 1. The third-order valence-electron chi connectivity index (χ3n) is 4.03. The van der Waals surface area contributed by atoms with Gasteiger partial charge in [0.15, 0.2) is 11.5 Å². The Morgan fingerprint density at radius 1 is 1.25 bits per heavy atom. The Kier molecular flexibility index (Phi) is 3.57. The quantitative estimate of drug-likeness (QED) is 0.739. The molecule has 1 aliphatic rings. The maximum atomic E-state index is 12.4. The second-order valence-electron chi connectivity index (χ2n) is 5.81. The average Bonchev–Trinajstić information content (AvgIpc) is 3.19. The molecule has 0 saturated carbocycles. The van der Waals surface area contributed by atoms with Crippen molar-refractivity contribution < 1.29 is 14.3 Å². The van der Waals surface area contributed by atoms with E-state index in [0.717, 1.165) is 28.4 Å². The molecule has 0 radical (unpaired) electrons. The van der Waals surface area contributed by atoms with Crippen LogP contribution in [0.3, 0.4) is 0 Å². The highest BCUT2D eigenvalue weighted by molar-refractivity contribution is 5.78. The number of hydrogen-bond acceptors (Lipinski definition) is 4. The number of carbonyl (C=O) groups is 1. The number of ether oxygens (including phenoxy) is 2. The second-order valence-corrected chi connectivity index (χ2v) is 5.81. The number of fused-ring (bicyclic) bond motifs is 2. The monoisotopic (exact) mass is 323 g/mol. The van der Waals surface area contributed by atoms with Crippen molar-refractivity contribution in [2.75, 3.05) is 13.8 Å². The molecule has 0 aliphatic carbocycles. The summed E-state index contributed by atoms with van der Waals surface area (Å²) in [6.45, 7) is 0.768. The molecule has 0 saturated heterocycles. The first-order chi connectivity index (χ1) is 11.7. The summed E-state index contributed by atoms with van der Waals surface area (Å²) in [6.07, 6.45) is 4.09. The number of rotatable bonds is 4. The number of aromatic nitrogens is 2. The summed E-state index contributed by atoms with van der Waals surface area (Å²) in [4.78, 5) is 18.6. The van der Waals surface area contributed by atoms with E-state index in [9.17, 15) is 4.79 Å². The van der Waals surface area contributed by atoms with E-state index in [1.165, 1.54) is 0 Å². The van der Waals surface area contributed by atoms with Gasteiger partial charge < -0.3 is 18.8 Å². The highest BCUT2D eigenvalue weighted by Gasteiger charge is 2.16. The summed E-state index contributed by atoms with van der Waals surface area (Å²) in [5, 5.41) is 0. The SMILES string of the molecule is CN(Cc1ccc2c(c1)OCO2)C(=O)Cc1cn2ccccc2n1. The van der Waals surface area contributed by atoms with E-state index >= 15 is 0 Å². The molecular formula is C18H17N3O3. The number of nitrogens with zero attached hydrogens (tertiary/aromatic N) is 3. The molecule has 0 N–H and O–H groups in total. The molecule has 1 aliphatic heterocycles. The Balaban J connectivity index is 1.44. The van der Waals surface area contributed by atoms with Crippen LogP contribution in [0.1, 0.15) is 11.3 Å². The summed E-state index contributed by atoms with van der Waals surface area (Å²) in [7, 11) is 1.79. The van der Waals surface area contributed by atoms with Crippen LogP contribution in [0, 0.1) is 0 Å². The number of benzene rings is 1. The van der Waals surface area contributed by atoms with Crippen molar-refractivity contribution in [3.05, 3.63) is 60.0 Å². The van der Waals surface area contributed by atoms with Gasteiger partial charge in [-0.1, -0.05) is 12.1 Å². The Hall–Kier alpha value is -3.02. The summed E-state index contributed by atoms with van der Waals surface area (Å²) in [6, 6.07) is 11.5. The van der Waals surface area contributed by atoms with Gasteiger partial charge in [-0.25, -0.2) is 4.98 Å². The molecule has 0 unspecified atom stereocenters. The first-order valence-electron chi connectivity index (χ1n) is 7.74. The molecule has 1 amide bonds. The minimum atomic E-state index is 0.0241. The van der Waals surface area contributed by atoms with Crippen LogP contribution in [-0.2, 0) is 17.8 Å². The molecule has 6 nitrogen and oxygen atoms in total. The maximum absolute atomic E-state index is 12.4. The molecule has 3 aromatic rings. The van der Waals surface area contributed by atoms with Gasteiger partial charge in [0.25, 0.3) is 0 Å². The molecule has 0 fully saturated rings.